The molecular formula is C14H19FN2O. The molecule has 98 valence electrons. The fourth-order valence-electron chi connectivity index (χ4n) is 2.21. The van der Waals surface area contributed by atoms with Crippen LogP contribution < -0.4 is 10.6 Å². The van der Waals surface area contributed by atoms with E-state index >= 15 is 0 Å². The number of carbonyl (C=O) groups is 1. The first-order valence-electron chi connectivity index (χ1n) is 6.34. The Morgan fingerprint density at radius 2 is 2.22 bits per heavy atom. The van der Waals surface area contributed by atoms with Crippen LogP contribution in [-0.4, -0.2) is 19.0 Å². The SMILES string of the molecule is CC1(CNCC(=O)Nc2cccc(F)c2)CCC1. The minimum absolute atomic E-state index is 0.136. The summed E-state index contributed by atoms with van der Waals surface area (Å²) >= 11 is 0. The summed E-state index contributed by atoms with van der Waals surface area (Å²) in [6.07, 6.45) is 3.74. The van der Waals surface area contributed by atoms with Gasteiger partial charge < -0.3 is 10.6 Å². The van der Waals surface area contributed by atoms with Crippen molar-refractivity contribution >= 4 is 11.6 Å². The van der Waals surface area contributed by atoms with E-state index in [0.717, 1.165) is 6.54 Å². The van der Waals surface area contributed by atoms with Crippen LogP contribution in [0.2, 0.25) is 0 Å². The van der Waals surface area contributed by atoms with Crippen LogP contribution in [0.3, 0.4) is 0 Å². The van der Waals surface area contributed by atoms with E-state index in [4.69, 9.17) is 0 Å². The van der Waals surface area contributed by atoms with Crippen molar-refractivity contribution in [3.63, 3.8) is 0 Å². The van der Waals surface area contributed by atoms with Gasteiger partial charge in [-0.3, -0.25) is 4.79 Å². The van der Waals surface area contributed by atoms with E-state index in [1.807, 2.05) is 0 Å². The van der Waals surface area contributed by atoms with E-state index in [-0.39, 0.29) is 18.3 Å². The number of amides is 1. The third-order valence-corrected chi connectivity index (χ3v) is 3.51. The van der Waals surface area contributed by atoms with Gasteiger partial charge >= 0.3 is 0 Å². The Bertz CT molecular complexity index is 430. The molecule has 1 fully saturated rings. The van der Waals surface area contributed by atoms with Crippen LogP contribution in [0.15, 0.2) is 24.3 Å². The van der Waals surface area contributed by atoms with Gasteiger partial charge in [-0.15, -0.1) is 0 Å². The van der Waals surface area contributed by atoms with Gasteiger partial charge in [-0.05, 0) is 36.5 Å². The Kier molecular flexibility index (Phi) is 3.97. The zero-order chi connectivity index (χ0) is 13.0. The first kappa shape index (κ1) is 13.0. The van der Waals surface area contributed by atoms with Crippen LogP contribution in [0.5, 0.6) is 0 Å². The maximum Gasteiger partial charge on any atom is 0.238 e. The van der Waals surface area contributed by atoms with Crippen LogP contribution in [0.25, 0.3) is 0 Å². The summed E-state index contributed by atoms with van der Waals surface area (Å²) in [5.41, 5.74) is 0.857. The lowest BCUT2D eigenvalue weighted by atomic mass is 9.70. The van der Waals surface area contributed by atoms with Crippen LogP contribution in [-0.2, 0) is 4.79 Å². The lowest BCUT2D eigenvalue weighted by molar-refractivity contribution is -0.115. The zero-order valence-electron chi connectivity index (χ0n) is 10.6. The standard InChI is InChI=1S/C14H19FN2O/c1-14(6-3-7-14)10-16-9-13(18)17-12-5-2-4-11(15)8-12/h2,4-5,8,16H,3,6-7,9-10H2,1H3,(H,17,18). The van der Waals surface area contributed by atoms with Crippen molar-refractivity contribution in [2.45, 2.75) is 26.2 Å². The van der Waals surface area contributed by atoms with Gasteiger partial charge in [0.15, 0.2) is 0 Å². The average molecular weight is 250 g/mol. The number of hydrogen-bond acceptors (Lipinski definition) is 2. The molecule has 0 bridgehead atoms. The fourth-order valence-corrected chi connectivity index (χ4v) is 2.21. The summed E-state index contributed by atoms with van der Waals surface area (Å²) in [5.74, 6) is -0.480. The molecule has 4 heteroatoms. The van der Waals surface area contributed by atoms with Gasteiger partial charge in [-0.2, -0.15) is 0 Å². The second-order valence-electron chi connectivity index (χ2n) is 5.33. The number of benzene rings is 1. The van der Waals surface area contributed by atoms with Gasteiger partial charge in [0, 0.05) is 12.2 Å². The highest BCUT2D eigenvalue weighted by atomic mass is 19.1. The number of carbonyl (C=O) groups excluding carboxylic acids is 1. The molecule has 0 radical (unpaired) electrons. The zero-order valence-corrected chi connectivity index (χ0v) is 10.6. The maximum atomic E-state index is 12.9. The summed E-state index contributed by atoms with van der Waals surface area (Å²) < 4.78 is 12.9. The Morgan fingerprint density at radius 3 is 2.83 bits per heavy atom. The number of halogens is 1. The van der Waals surface area contributed by atoms with Crippen molar-refractivity contribution in [1.82, 2.24) is 5.32 Å². The predicted molar refractivity (Wildman–Crippen MR) is 69.9 cm³/mol. The number of hydrogen-bond donors (Lipinski definition) is 2. The molecule has 3 nitrogen and oxygen atoms in total. The second kappa shape index (κ2) is 5.48. The topological polar surface area (TPSA) is 41.1 Å². The second-order valence-corrected chi connectivity index (χ2v) is 5.33. The molecule has 1 saturated carbocycles. The van der Waals surface area contributed by atoms with Crippen molar-refractivity contribution < 1.29 is 9.18 Å². The highest BCUT2D eigenvalue weighted by molar-refractivity contribution is 5.92. The van der Waals surface area contributed by atoms with Crippen molar-refractivity contribution in [2.75, 3.05) is 18.4 Å². The quantitative estimate of drug-likeness (QED) is 0.843. The number of nitrogens with one attached hydrogen (secondary N) is 2. The largest absolute Gasteiger partial charge is 0.325 e. The van der Waals surface area contributed by atoms with Crippen molar-refractivity contribution in [2.24, 2.45) is 5.41 Å². The summed E-state index contributed by atoms with van der Waals surface area (Å²) in [4.78, 5) is 11.6. The molecule has 1 aromatic rings. The smallest absolute Gasteiger partial charge is 0.238 e. The van der Waals surface area contributed by atoms with Crippen LogP contribution in [0, 0.1) is 11.2 Å². The predicted octanol–water partition coefficient (Wildman–Crippen LogP) is 2.54. The minimum atomic E-state index is -0.345. The first-order valence-corrected chi connectivity index (χ1v) is 6.34. The molecule has 1 aliphatic carbocycles. The molecule has 1 aliphatic rings. The molecule has 0 spiro atoms. The summed E-state index contributed by atoms with van der Waals surface area (Å²) in [7, 11) is 0. The molecule has 2 rings (SSSR count). The number of anilines is 1. The molecule has 1 amide bonds. The minimum Gasteiger partial charge on any atom is -0.325 e. The molecule has 0 atom stereocenters. The van der Waals surface area contributed by atoms with Crippen LogP contribution in [0.4, 0.5) is 10.1 Å². The van der Waals surface area contributed by atoms with E-state index in [2.05, 4.69) is 17.6 Å². The summed E-state index contributed by atoms with van der Waals surface area (Å²) in [6, 6.07) is 5.92. The van der Waals surface area contributed by atoms with Gasteiger partial charge in [-0.1, -0.05) is 19.4 Å². The van der Waals surface area contributed by atoms with Gasteiger partial charge in [-0.25, -0.2) is 4.39 Å². The third-order valence-electron chi connectivity index (χ3n) is 3.51. The molecular weight excluding hydrogens is 231 g/mol. The van der Waals surface area contributed by atoms with Crippen molar-refractivity contribution in [3.8, 4) is 0 Å². The highest BCUT2D eigenvalue weighted by Crippen LogP contribution is 2.39. The normalized spacial score (nSPS) is 17.0. The highest BCUT2D eigenvalue weighted by Gasteiger charge is 2.31. The van der Waals surface area contributed by atoms with Gasteiger partial charge in [0.25, 0.3) is 0 Å². The van der Waals surface area contributed by atoms with Gasteiger partial charge in [0.1, 0.15) is 5.82 Å². The van der Waals surface area contributed by atoms with Crippen molar-refractivity contribution in [3.05, 3.63) is 30.1 Å². The number of rotatable bonds is 5. The fraction of sp³-hybridized carbons (Fsp3) is 0.500. The molecule has 2 N–H and O–H groups in total. The van der Waals surface area contributed by atoms with E-state index in [1.54, 1.807) is 12.1 Å². The molecule has 1 aromatic carbocycles. The van der Waals surface area contributed by atoms with Crippen LogP contribution >= 0.6 is 0 Å². The molecule has 18 heavy (non-hydrogen) atoms. The Balaban J connectivity index is 1.72. The first-order chi connectivity index (χ1) is 8.57. The Hall–Kier alpha value is -1.42. The molecule has 0 heterocycles. The third kappa shape index (κ3) is 3.53. The Morgan fingerprint density at radius 1 is 1.44 bits per heavy atom. The Labute approximate surface area is 107 Å². The lowest BCUT2D eigenvalue weighted by Gasteiger charge is -2.38. The van der Waals surface area contributed by atoms with Crippen LogP contribution in [0.1, 0.15) is 26.2 Å². The molecule has 0 aromatic heterocycles. The monoisotopic (exact) mass is 250 g/mol. The molecule has 0 unspecified atom stereocenters. The molecule has 0 aliphatic heterocycles. The van der Waals surface area contributed by atoms with Crippen molar-refractivity contribution in [1.29, 1.82) is 0 Å². The lowest BCUT2D eigenvalue weighted by Crippen LogP contribution is -2.40. The maximum absolute atomic E-state index is 12.9. The van der Waals surface area contributed by atoms with E-state index in [1.165, 1.54) is 31.4 Å². The van der Waals surface area contributed by atoms with Gasteiger partial charge in [0.05, 0.1) is 6.54 Å². The summed E-state index contributed by atoms with van der Waals surface area (Å²) in [6.45, 7) is 3.36. The molecule has 0 saturated heterocycles. The van der Waals surface area contributed by atoms with E-state index in [0.29, 0.717) is 11.1 Å². The van der Waals surface area contributed by atoms with E-state index < -0.39 is 0 Å². The summed E-state index contributed by atoms with van der Waals surface area (Å²) in [5, 5.41) is 5.82. The average Bonchev–Trinajstić information content (AvgIpc) is 2.26. The van der Waals surface area contributed by atoms with E-state index in [9.17, 15) is 9.18 Å². The van der Waals surface area contributed by atoms with Gasteiger partial charge in [0.2, 0.25) is 5.91 Å².